The Morgan fingerprint density at radius 1 is 0.933 bits per heavy atom. The third kappa shape index (κ3) is 7.17. The number of nitrogens with zero attached hydrogens (tertiary/aromatic N) is 1. The Balaban J connectivity index is 1.37. The van der Waals surface area contributed by atoms with Crippen LogP contribution in [0.15, 0.2) is 0 Å². The normalized spacial score (nSPS) is 28.1. The van der Waals surface area contributed by atoms with Crippen molar-refractivity contribution in [3.8, 4) is 0 Å². The Hall–Kier alpha value is -2.70. The first-order valence-electron chi connectivity index (χ1n) is 16.7. The van der Waals surface area contributed by atoms with Crippen molar-refractivity contribution in [3.63, 3.8) is 0 Å². The highest BCUT2D eigenvalue weighted by Gasteiger charge is 2.74. The van der Waals surface area contributed by atoms with Crippen molar-refractivity contribution in [1.82, 2.24) is 20.9 Å². The molecular formula is C32H51N5O7S. The lowest BCUT2D eigenvalue weighted by molar-refractivity contribution is -0.145. The van der Waals surface area contributed by atoms with E-state index in [9.17, 15) is 32.4 Å². The minimum Gasteiger partial charge on any atom is -0.363 e. The van der Waals surface area contributed by atoms with Crippen molar-refractivity contribution in [1.29, 1.82) is 0 Å². The van der Waals surface area contributed by atoms with Gasteiger partial charge in [0.15, 0.2) is 0 Å². The number of carbonyl (C=O) groups excluding carboxylic acids is 5. The zero-order chi connectivity index (χ0) is 32.9. The minimum atomic E-state index is -3.38. The molecule has 12 nitrogen and oxygen atoms in total. The van der Waals surface area contributed by atoms with Crippen LogP contribution in [0.3, 0.4) is 0 Å². The van der Waals surface area contributed by atoms with E-state index < -0.39 is 62.5 Å². The Bertz CT molecular complexity index is 1330. The largest absolute Gasteiger partial charge is 0.363 e. The molecule has 5 amide bonds. The zero-order valence-corrected chi connectivity index (χ0v) is 28.0. The molecule has 5 rings (SSSR count). The number of hydrogen-bond acceptors (Lipinski definition) is 7. The van der Waals surface area contributed by atoms with E-state index in [2.05, 4.69) is 16.0 Å². The minimum absolute atomic E-state index is 0.000484. The number of hydrogen-bond donors (Lipinski definition) is 4. The number of fused-ring (bicyclic) bond motifs is 3. The summed E-state index contributed by atoms with van der Waals surface area (Å²) < 4.78 is 24.6. The van der Waals surface area contributed by atoms with E-state index >= 15 is 0 Å². The number of primary amides is 1. The summed E-state index contributed by atoms with van der Waals surface area (Å²) in [6.45, 7) is 5.89. The lowest BCUT2D eigenvalue weighted by Crippen LogP contribution is -2.63. The number of nitrogens with one attached hydrogen (secondary N) is 3. The van der Waals surface area contributed by atoms with Gasteiger partial charge in [0.25, 0.3) is 5.91 Å². The van der Waals surface area contributed by atoms with Crippen molar-refractivity contribution in [3.05, 3.63) is 0 Å². The van der Waals surface area contributed by atoms with Crippen LogP contribution in [0.4, 0.5) is 4.79 Å². The summed E-state index contributed by atoms with van der Waals surface area (Å²) in [5, 5.41) is 8.63. The molecule has 1 spiro atoms. The first-order valence-corrected chi connectivity index (χ1v) is 18.7. The van der Waals surface area contributed by atoms with Crippen molar-refractivity contribution >= 4 is 39.4 Å². The summed E-state index contributed by atoms with van der Waals surface area (Å²) in [4.78, 5) is 68.0. The zero-order valence-electron chi connectivity index (χ0n) is 27.2. The predicted octanol–water partition coefficient (Wildman–Crippen LogP) is 1.80. The first kappa shape index (κ1) is 33.7. The number of sulfone groups is 1. The molecule has 0 radical (unpaired) electrons. The quantitative estimate of drug-likeness (QED) is 0.246. The van der Waals surface area contributed by atoms with Crippen LogP contribution >= 0.6 is 0 Å². The molecule has 1 saturated heterocycles. The monoisotopic (exact) mass is 649 g/mol. The molecular weight excluding hydrogens is 598 g/mol. The third-order valence-corrected chi connectivity index (χ3v) is 12.2. The number of urea groups is 1. The van der Waals surface area contributed by atoms with Gasteiger partial charge in [-0.05, 0) is 60.7 Å². The molecule has 1 heterocycles. The van der Waals surface area contributed by atoms with E-state index in [1.165, 1.54) is 0 Å². The van der Waals surface area contributed by atoms with E-state index in [0.29, 0.717) is 25.8 Å². The van der Waals surface area contributed by atoms with Crippen LogP contribution < -0.4 is 21.7 Å². The van der Waals surface area contributed by atoms with E-state index in [0.717, 1.165) is 64.0 Å². The van der Waals surface area contributed by atoms with Gasteiger partial charge in [0.1, 0.15) is 21.9 Å². The molecule has 5 N–H and O–H groups in total. The van der Waals surface area contributed by atoms with Crippen LogP contribution in [-0.2, 0) is 29.0 Å². The van der Waals surface area contributed by atoms with E-state index in [1.54, 1.807) is 4.90 Å². The maximum Gasteiger partial charge on any atom is 0.315 e. The van der Waals surface area contributed by atoms with Crippen LogP contribution in [0, 0.1) is 28.6 Å². The molecule has 0 aromatic rings. The van der Waals surface area contributed by atoms with Crippen molar-refractivity contribution in [2.45, 2.75) is 121 Å². The Kier molecular flexibility index (Phi) is 9.09. The lowest BCUT2D eigenvalue weighted by atomic mass is 9.83. The van der Waals surface area contributed by atoms with Gasteiger partial charge < -0.3 is 26.6 Å². The molecule has 5 aliphatic rings. The fourth-order valence-corrected chi connectivity index (χ4v) is 10.2. The van der Waals surface area contributed by atoms with Gasteiger partial charge in [-0.1, -0.05) is 65.7 Å². The van der Waals surface area contributed by atoms with Gasteiger partial charge in [-0.25, -0.2) is 13.2 Å². The third-order valence-electron chi connectivity index (χ3n) is 11.1. The van der Waals surface area contributed by atoms with E-state index in [-0.39, 0.29) is 34.8 Å². The molecule has 45 heavy (non-hydrogen) atoms. The van der Waals surface area contributed by atoms with Gasteiger partial charge in [-0.15, -0.1) is 0 Å². The van der Waals surface area contributed by atoms with Gasteiger partial charge in [-0.2, -0.15) is 0 Å². The van der Waals surface area contributed by atoms with Crippen LogP contribution in [-0.4, -0.2) is 85.1 Å². The molecule has 1 aliphatic heterocycles. The molecule has 5 fully saturated rings. The predicted molar refractivity (Wildman–Crippen MR) is 167 cm³/mol. The molecule has 4 aliphatic carbocycles. The molecule has 13 heteroatoms. The number of likely N-dealkylation sites (tertiary alicyclic amines) is 1. The second kappa shape index (κ2) is 12.2. The van der Waals surface area contributed by atoms with Crippen molar-refractivity contribution < 1.29 is 32.4 Å². The maximum atomic E-state index is 14.4. The van der Waals surface area contributed by atoms with Crippen LogP contribution in [0.2, 0.25) is 0 Å². The highest BCUT2D eigenvalue weighted by Crippen LogP contribution is 2.72. The summed E-state index contributed by atoms with van der Waals surface area (Å²) in [5.74, 6) is -2.58. The summed E-state index contributed by atoms with van der Waals surface area (Å²) >= 11 is 0. The first-order chi connectivity index (χ1) is 21.0. The van der Waals surface area contributed by atoms with Crippen LogP contribution in [0.1, 0.15) is 97.8 Å². The highest BCUT2D eigenvalue weighted by atomic mass is 32.2. The maximum absolute atomic E-state index is 14.4. The second-order valence-electron chi connectivity index (χ2n) is 15.8. The van der Waals surface area contributed by atoms with E-state index in [4.69, 9.17) is 5.73 Å². The van der Waals surface area contributed by atoms with Crippen LogP contribution in [0.25, 0.3) is 0 Å². The topological polar surface area (TPSA) is 185 Å². The van der Waals surface area contributed by atoms with Gasteiger partial charge in [0.2, 0.25) is 17.6 Å². The average molecular weight is 650 g/mol. The number of Topliss-reactive ketones (excluding diaryl/α,β-unsaturated/α-hetero) is 1. The number of carbonyl (C=O) groups is 5. The van der Waals surface area contributed by atoms with Crippen LogP contribution in [0.5, 0.6) is 0 Å². The molecule has 0 aromatic heterocycles. The van der Waals surface area contributed by atoms with E-state index in [1.807, 2.05) is 20.8 Å². The summed E-state index contributed by atoms with van der Waals surface area (Å²) in [6.07, 6.45) is 11.1. The average Bonchev–Trinajstić information content (AvgIpc) is 3.70. The van der Waals surface area contributed by atoms with Gasteiger partial charge in [0.05, 0.1) is 17.3 Å². The summed E-state index contributed by atoms with van der Waals surface area (Å²) in [7, 11) is -3.38. The lowest BCUT2D eigenvalue weighted by Gasteiger charge is -2.40. The standard InChI is InChI=1S/C32H51N5O7S/c1-30(2,3)25(35-29(42)36-31(18-45(4,43)44)12-6-5-7-13-31)28(41)37-17-20-22(32(20)14-8-9-15-32)23(37)27(40)34-21(16-19-10-11-19)24(38)26(33)39/h19-23,25H,5-18H2,1-4H3,(H2,33,39)(H,34,40)(H2,35,36,42)/t20?,21?,22?,23-,25+/m0/s1. The molecule has 5 atom stereocenters. The number of rotatable bonds is 11. The Morgan fingerprint density at radius 2 is 1.53 bits per heavy atom. The molecule has 3 unspecified atom stereocenters. The number of nitrogens with two attached hydrogens (primary N) is 1. The van der Waals surface area contributed by atoms with Crippen molar-refractivity contribution in [2.75, 3.05) is 18.6 Å². The Morgan fingerprint density at radius 3 is 2.07 bits per heavy atom. The van der Waals surface area contributed by atoms with Crippen molar-refractivity contribution in [2.24, 2.45) is 34.3 Å². The molecule has 0 bridgehead atoms. The smallest absolute Gasteiger partial charge is 0.315 e. The highest BCUT2D eigenvalue weighted by molar-refractivity contribution is 7.90. The SMILES string of the molecule is CC(C)(C)[C@H](NC(=O)NC1(CS(C)(=O)=O)CCCCC1)C(=O)N1CC2C([C@H]1C(=O)NC(CC1CC1)C(=O)C(N)=O)C21CCCC1. The second-order valence-corrected chi connectivity index (χ2v) is 17.9. The number of amides is 5. The molecule has 252 valence electrons. The summed E-state index contributed by atoms with van der Waals surface area (Å²) in [6, 6.07) is -3.46. The number of piperidine rings is 1. The van der Waals surface area contributed by atoms with Gasteiger partial charge in [-0.3, -0.25) is 19.2 Å². The fraction of sp³-hybridized carbons (Fsp3) is 0.844. The van der Waals surface area contributed by atoms with Gasteiger partial charge >= 0.3 is 6.03 Å². The fourth-order valence-electron chi connectivity index (χ4n) is 8.84. The summed E-state index contributed by atoms with van der Waals surface area (Å²) in [5.41, 5.74) is 3.69. The Labute approximate surface area is 266 Å². The number of ketones is 1. The molecule has 0 aromatic carbocycles. The van der Waals surface area contributed by atoms with Gasteiger partial charge in [0, 0.05) is 12.8 Å². The molecule has 4 saturated carbocycles.